The maximum absolute atomic E-state index is 12.0. The monoisotopic (exact) mass is 303 g/mol. The highest BCUT2D eigenvalue weighted by Gasteiger charge is 2.08. The van der Waals surface area contributed by atoms with Crippen molar-refractivity contribution in [2.75, 3.05) is 19.5 Å². The molecule has 0 saturated carbocycles. The maximum Gasteiger partial charge on any atom is 0.337 e. The molecule has 0 aliphatic rings. The zero-order valence-electron chi connectivity index (χ0n) is 12.3. The highest BCUT2D eigenvalue weighted by molar-refractivity contribution is 6.04. The first kappa shape index (κ1) is 17.2. The lowest BCUT2D eigenvalue weighted by atomic mass is 10.2. The Morgan fingerprint density at radius 2 is 1.41 bits per heavy atom. The lowest BCUT2D eigenvalue weighted by molar-refractivity contribution is 0.0600. The lowest BCUT2D eigenvalue weighted by Gasteiger charge is -2.07. The summed E-state index contributed by atoms with van der Waals surface area (Å²) in [7, 11) is 2.89. The van der Waals surface area contributed by atoms with Crippen LogP contribution in [0.15, 0.2) is 48.5 Å². The van der Waals surface area contributed by atoms with Crippen molar-refractivity contribution in [3.8, 4) is 5.75 Å². The standard InChI is InChI=1S/C16H15NO4.H2O/c1-20-14-9-5-11(6-10-14)15(18)17-13-7-3-12(4-8-13)16(19)21-2;/h3-10H,1-2H3,(H,17,18);1H2. The van der Waals surface area contributed by atoms with Gasteiger partial charge in [0.25, 0.3) is 5.91 Å². The van der Waals surface area contributed by atoms with Gasteiger partial charge in [-0.15, -0.1) is 0 Å². The molecular weight excluding hydrogens is 286 g/mol. The van der Waals surface area contributed by atoms with Gasteiger partial charge in [-0.3, -0.25) is 4.79 Å². The summed E-state index contributed by atoms with van der Waals surface area (Å²) >= 11 is 0. The Morgan fingerprint density at radius 1 is 0.864 bits per heavy atom. The molecule has 2 rings (SSSR count). The summed E-state index contributed by atoms with van der Waals surface area (Å²) in [5.74, 6) is 0.0421. The van der Waals surface area contributed by atoms with Crippen molar-refractivity contribution in [3.05, 3.63) is 59.7 Å². The average Bonchev–Trinajstić information content (AvgIpc) is 2.55. The van der Waals surface area contributed by atoms with Crippen molar-refractivity contribution in [1.29, 1.82) is 0 Å². The molecule has 2 aromatic carbocycles. The Bertz CT molecular complexity index is 635. The van der Waals surface area contributed by atoms with Crippen molar-refractivity contribution in [3.63, 3.8) is 0 Å². The van der Waals surface area contributed by atoms with Crippen LogP contribution in [0.3, 0.4) is 0 Å². The number of esters is 1. The van der Waals surface area contributed by atoms with Crippen LogP contribution in [-0.2, 0) is 4.74 Å². The summed E-state index contributed by atoms with van der Waals surface area (Å²) in [6.07, 6.45) is 0. The van der Waals surface area contributed by atoms with E-state index in [1.54, 1.807) is 55.6 Å². The molecule has 0 aliphatic carbocycles. The first-order valence-corrected chi connectivity index (χ1v) is 6.28. The fourth-order valence-electron chi connectivity index (χ4n) is 1.75. The van der Waals surface area contributed by atoms with E-state index < -0.39 is 5.97 Å². The van der Waals surface area contributed by atoms with E-state index in [9.17, 15) is 9.59 Å². The molecule has 6 heteroatoms. The van der Waals surface area contributed by atoms with E-state index >= 15 is 0 Å². The number of hydrogen-bond acceptors (Lipinski definition) is 4. The second-order valence-electron chi connectivity index (χ2n) is 4.25. The molecule has 0 atom stereocenters. The number of nitrogens with one attached hydrogen (secondary N) is 1. The van der Waals surface area contributed by atoms with Gasteiger partial charge >= 0.3 is 5.97 Å². The van der Waals surface area contributed by atoms with Crippen molar-refractivity contribution >= 4 is 17.6 Å². The Balaban J connectivity index is 0.00000242. The van der Waals surface area contributed by atoms with Gasteiger partial charge in [-0.2, -0.15) is 0 Å². The van der Waals surface area contributed by atoms with Crippen LogP contribution in [0.2, 0.25) is 0 Å². The molecule has 0 spiro atoms. The maximum atomic E-state index is 12.0. The number of rotatable bonds is 4. The Hall–Kier alpha value is -2.86. The van der Waals surface area contributed by atoms with E-state index in [0.717, 1.165) is 0 Å². The lowest BCUT2D eigenvalue weighted by Crippen LogP contribution is -2.12. The molecular formula is C16H17NO5. The van der Waals surface area contributed by atoms with Gasteiger partial charge in [-0.05, 0) is 48.5 Å². The average molecular weight is 303 g/mol. The van der Waals surface area contributed by atoms with Crippen LogP contribution in [0, 0.1) is 0 Å². The highest BCUT2D eigenvalue weighted by Crippen LogP contribution is 2.14. The largest absolute Gasteiger partial charge is 0.497 e. The smallest absolute Gasteiger partial charge is 0.337 e. The third kappa shape index (κ3) is 4.07. The second kappa shape index (κ2) is 7.80. The van der Waals surface area contributed by atoms with Crippen LogP contribution in [0.1, 0.15) is 20.7 Å². The van der Waals surface area contributed by atoms with Gasteiger partial charge in [-0.1, -0.05) is 0 Å². The normalized spacial score (nSPS) is 9.36. The predicted molar refractivity (Wildman–Crippen MR) is 82.3 cm³/mol. The van der Waals surface area contributed by atoms with Gasteiger partial charge in [0.1, 0.15) is 5.75 Å². The zero-order chi connectivity index (χ0) is 15.2. The Labute approximate surface area is 128 Å². The minimum absolute atomic E-state index is 0. The summed E-state index contributed by atoms with van der Waals surface area (Å²) < 4.78 is 9.65. The fourth-order valence-corrected chi connectivity index (χ4v) is 1.75. The molecule has 0 radical (unpaired) electrons. The summed E-state index contributed by atoms with van der Waals surface area (Å²) in [5.41, 5.74) is 1.55. The molecule has 22 heavy (non-hydrogen) atoms. The number of amides is 1. The number of methoxy groups -OCH3 is 2. The van der Waals surface area contributed by atoms with Crippen LogP contribution < -0.4 is 10.1 Å². The number of anilines is 1. The summed E-state index contributed by atoms with van der Waals surface area (Å²) in [6.45, 7) is 0. The third-order valence-corrected chi connectivity index (χ3v) is 2.92. The molecule has 6 nitrogen and oxygen atoms in total. The van der Waals surface area contributed by atoms with Gasteiger partial charge < -0.3 is 20.3 Å². The van der Waals surface area contributed by atoms with E-state index in [0.29, 0.717) is 22.6 Å². The number of carbonyl (C=O) groups is 2. The minimum Gasteiger partial charge on any atom is -0.497 e. The van der Waals surface area contributed by atoms with E-state index in [2.05, 4.69) is 10.1 Å². The number of ether oxygens (including phenoxy) is 2. The van der Waals surface area contributed by atoms with Crippen LogP contribution in [0.4, 0.5) is 5.69 Å². The molecule has 0 fully saturated rings. The zero-order valence-corrected chi connectivity index (χ0v) is 12.3. The summed E-state index contributed by atoms with van der Waals surface area (Å²) in [5, 5.41) is 2.75. The van der Waals surface area contributed by atoms with Crippen LogP contribution >= 0.6 is 0 Å². The van der Waals surface area contributed by atoms with Gasteiger partial charge in [-0.25, -0.2) is 4.79 Å². The summed E-state index contributed by atoms with van der Waals surface area (Å²) in [6, 6.07) is 13.3. The third-order valence-electron chi connectivity index (χ3n) is 2.92. The number of carbonyl (C=O) groups excluding carboxylic acids is 2. The van der Waals surface area contributed by atoms with E-state index in [1.807, 2.05) is 0 Å². The minimum atomic E-state index is -0.414. The Morgan fingerprint density at radius 3 is 1.91 bits per heavy atom. The van der Waals surface area contributed by atoms with Crippen molar-refractivity contribution in [2.24, 2.45) is 0 Å². The quantitative estimate of drug-likeness (QED) is 0.872. The molecule has 1 amide bonds. The molecule has 0 heterocycles. The van der Waals surface area contributed by atoms with Crippen LogP contribution in [-0.4, -0.2) is 31.6 Å². The van der Waals surface area contributed by atoms with Gasteiger partial charge in [0.2, 0.25) is 0 Å². The molecule has 0 saturated heterocycles. The van der Waals surface area contributed by atoms with Gasteiger partial charge in [0.15, 0.2) is 0 Å². The molecule has 0 aromatic heterocycles. The molecule has 116 valence electrons. The second-order valence-corrected chi connectivity index (χ2v) is 4.25. The molecule has 0 bridgehead atoms. The van der Waals surface area contributed by atoms with Gasteiger partial charge in [0.05, 0.1) is 19.8 Å². The fraction of sp³-hybridized carbons (Fsp3) is 0.125. The van der Waals surface area contributed by atoms with E-state index in [-0.39, 0.29) is 11.4 Å². The molecule has 0 unspecified atom stereocenters. The first-order chi connectivity index (χ1) is 10.1. The van der Waals surface area contributed by atoms with Gasteiger partial charge in [0, 0.05) is 11.3 Å². The van der Waals surface area contributed by atoms with E-state index in [4.69, 9.17) is 4.74 Å². The predicted octanol–water partition coefficient (Wildman–Crippen LogP) is 1.91. The molecule has 0 aliphatic heterocycles. The van der Waals surface area contributed by atoms with Crippen LogP contribution in [0.5, 0.6) is 5.75 Å². The number of hydrogen-bond donors (Lipinski definition) is 1. The van der Waals surface area contributed by atoms with Crippen molar-refractivity contribution in [1.82, 2.24) is 0 Å². The first-order valence-electron chi connectivity index (χ1n) is 6.28. The molecule has 3 N–H and O–H groups in total. The van der Waals surface area contributed by atoms with Crippen molar-refractivity contribution < 1.29 is 24.5 Å². The number of benzene rings is 2. The highest BCUT2D eigenvalue weighted by atomic mass is 16.5. The Kier molecular flexibility index (Phi) is 6.09. The molecule has 2 aromatic rings. The van der Waals surface area contributed by atoms with Crippen LogP contribution in [0.25, 0.3) is 0 Å². The topological polar surface area (TPSA) is 96.1 Å². The summed E-state index contributed by atoms with van der Waals surface area (Å²) in [4.78, 5) is 23.4. The SMILES string of the molecule is COC(=O)c1ccc(NC(=O)c2ccc(OC)cc2)cc1.O. The van der Waals surface area contributed by atoms with E-state index in [1.165, 1.54) is 7.11 Å². The van der Waals surface area contributed by atoms with Crippen molar-refractivity contribution in [2.45, 2.75) is 0 Å².